The average molecular weight is 319 g/mol. The molecule has 5 nitrogen and oxygen atoms in total. The molecule has 0 radical (unpaired) electrons. The van der Waals surface area contributed by atoms with E-state index >= 15 is 0 Å². The zero-order valence-corrected chi connectivity index (χ0v) is 11.9. The number of carboxylic acid groups (broad SMARTS) is 1. The Morgan fingerprint density at radius 2 is 2.06 bits per heavy atom. The van der Waals surface area contributed by atoms with E-state index in [0.29, 0.717) is 21.5 Å². The lowest BCUT2D eigenvalue weighted by atomic mass is 10.00. The minimum atomic E-state index is -0.916. The lowest BCUT2D eigenvalue weighted by molar-refractivity contribution is -0.141. The number of rotatable bonds is 5. The van der Waals surface area contributed by atoms with Crippen LogP contribution in [0.3, 0.4) is 0 Å². The third-order valence-corrected chi connectivity index (χ3v) is 3.35. The third kappa shape index (κ3) is 2.87. The monoisotopic (exact) mass is 318 g/mol. The van der Waals surface area contributed by atoms with E-state index in [1.165, 1.54) is 14.2 Å². The first-order chi connectivity index (χ1) is 8.42. The van der Waals surface area contributed by atoms with Crippen LogP contribution in [0.25, 0.3) is 0 Å². The Kier molecular flexibility index (Phi) is 4.84. The van der Waals surface area contributed by atoms with Gasteiger partial charge in [-0.1, -0.05) is 6.92 Å². The maximum absolute atomic E-state index is 10.8. The number of aliphatic carboxylic acids is 1. The highest BCUT2D eigenvalue weighted by molar-refractivity contribution is 9.10. The number of halogens is 1. The van der Waals surface area contributed by atoms with Crippen molar-refractivity contribution in [3.05, 3.63) is 16.1 Å². The van der Waals surface area contributed by atoms with Crippen molar-refractivity contribution in [2.24, 2.45) is 5.92 Å². The van der Waals surface area contributed by atoms with Gasteiger partial charge in [0, 0.05) is 0 Å². The van der Waals surface area contributed by atoms with E-state index in [2.05, 4.69) is 15.9 Å². The minimum absolute atomic E-state index is 0.0271. The highest BCUT2D eigenvalue weighted by Gasteiger charge is 2.20. The number of benzene rings is 1. The molecule has 6 heteroatoms. The number of carboxylic acids is 1. The number of ether oxygens (including phenoxy) is 2. The van der Waals surface area contributed by atoms with Gasteiger partial charge in [-0.25, -0.2) is 0 Å². The number of methoxy groups -OCH3 is 2. The van der Waals surface area contributed by atoms with Crippen LogP contribution in [0, 0.1) is 5.92 Å². The molecule has 0 aliphatic heterocycles. The molecule has 0 aliphatic carbocycles. The van der Waals surface area contributed by atoms with Gasteiger partial charge in [0.15, 0.2) is 11.5 Å². The second-order valence-corrected chi connectivity index (χ2v) is 4.67. The number of phenols is 1. The van der Waals surface area contributed by atoms with E-state index in [4.69, 9.17) is 14.6 Å². The quantitative estimate of drug-likeness (QED) is 0.872. The largest absolute Gasteiger partial charge is 0.506 e. The van der Waals surface area contributed by atoms with Gasteiger partial charge in [-0.15, -0.1) is 0 Å². The van der Waals surface area contributed by atoms with Crippen molar-refractivity contribution >= 4 is 21.9 Å². The molecule has 0 fully saturated rings. The predicted molar refractivity (Wildman–Crippen MR) is 69.4 cm³/mol. The van der Waals surface area contributed by atoms with E-state index in [0.717, 1.165) is 0 Å². The molecule has 0 saturated carbocycles. The van der Waals surface area contributed by atoms with Crippen LogP contribution in [0.2, 0.25) is 0 Å². The summed E-state index contributed by atoms with van der Waals surface area (Å²) in [6, 6.07) is 1.58. The fourth-order valence-corrected chi connectivity index (χ4v) is 2.18. The van der Waals surface area contributed by atoms with Gasteiger partial charge in [-0.05, 0) is 34.0 Å². The lowest BCUT2D eigenvalue weighted by Gasteiger charge is -2.15. The minimum Gasteiger partial charge on any atom is -0.506 e. The van der Waals surface area contributed by atoms with Crippen LogP contribution < -0.4 is 9.47 Å². The molecular formula is C12H15BrO5. The maximum Gasteiger partial charge on any atom is 0.306 e. The molecule has 100 valence electrons. The second kappa shape index (κ2) is 5.95. The summed E-state index contributed by atoms with van der Waals surface area (Å²) in [4.78, 5) is 10.8. The summed E-state index contributed by atoms with van der Waals surface area (Å²) >= 11 is 3.21. The molecule has 1 unspecified atom stereocenters. The smallest absolute Gasteiger partial charge is 0.306 e. The first-order valence-corrected chi connectivity index (χ1v) is 6.06. The second-order valence-electron chi connectivity index (χ2n) is 3.88. The summed E-state index contributed by atoms with van der Waals surface area (Å²) in [5.74, 6) is -0.724. The molecule has 0 amide bonds. The van der Waals surface area contributed by atoms with Crippen molar-refractivity contribution < 1.29 is 24.5 Å². The van der Waals surface area contributed by atoms with E-state index in [9.17, 15) is 9.90 Å². The zero-order chi connectivity index (χ0) is 13.9. The molecule has 0 heterocycles. The first-order valence-electron chi connectivity index (χ1n) is 5.27. The van der Waals surface area contributed by atoms with Gasteiger partial charge in [0.2, 0.25) is 0 Å². The SMILES string of the molecule is COc1cc(CC(C)C(=O)O)c(O)c(Br)c1OC. The highest BCUT2D eigenvalue weighted by atomic mass is 79.9. The van der Waals surface area contributed by atoms with E-state index in [1.54, 1.807) is 13.0 Å². The van der Waals surface area contributed by atoms with Crippen molar-refractivity contribution in [2.45, 2.75) is 13.3 Å². The van der Waals surface area contributed by atoms with E-state index in [1.807, 2.05) is 0 Å². The molecule has 0 aliphatic rings. The van der Waals surface area contributed by atoms with Crippen molar-refractivity contribution in [3.63, 3.8) is 0 Å². The topological polar surface area (TPSA) is 76.0 Å². The number of hydrogen-bond donors (Lipinski definition) is 2. The molecule has 0 saturated heterocycles. The number of hydrogen-bond acceptors (Lipinski definition) is 4. The van der Waals surface area contributed by atoms with Crippen molar-refractivity contribution in [2.75, 3.05) is 14.2 Å². The molecule has 1 aromatic carbocycles. The van der Waals surface area contributed by atoms with Crippen LogP contribution >= 0.6 is 15.9 Å². The Labute approximate surface area is 113 Å². The van der Waals surface area contributed by atoms with Gasteiger partial charge in [-0.2, -0.15) is 0 Å². The van der Waals surface area contributed by atoms with Crippen LogP contribution in [0.15, 0.2) is 10.5 Å². The molecule has 1 rings (SSSR count). The molecule has 1 atom stereocenters. The van der Waals surface area contributed by atoms with Crippen molar-refractivity contribution in [1.29, 1.82) is 0 Å². The Morgan fingerprint density at radius 1 is 1.44 bits per heavy atom. The fourth-order valence-electron chi connectivity index (χ4n) is 1.56. The van der Waals surface area contributed by atoms with Gasteiger partial charge >= 0.3 is 5.97 Å². The summed E-state index contributed by atoms with van der Waals surface area (Å²) < 4.78 is 10.6. The van der Waals surface area contributed by atoms with Crippen molar-refractivity contribution in [3.8, 4) is 17.2 Å². The fraction of sp³-hybridized carbons (Fsp3) is 0.417. The van der Waals surface area contributed by atoms with Gasteiger partial charge in [0.25, 0.3) is 0 Å². The van der Waals surface area contributed by atoms with E-state index in [-0.39, 0.29) is 12.2 Å². The molecule has 18 heavy (non-hydrogen) atoms. The molecule has 1 aromatic rings. The van der Waals surface area contributed by atoms with Crippen molar-refractivity contribution in [1.82, 2.24) is 0 Å². The summed E-state index contributed by atoms with van der Waals surface area (Å²) in [5, 5.41) is 18.9. The summed E-state index contributed by atoms with van der Waals surface area (Å²) in [6.45, 7) is 1.58. The average Bonchev–Trinajstić information content (AvgIpc) is 2.34. The standard InChI is InChI=1S/C12H15BrO5/c1-6(12(15)16)4-7-5-8(17-2)11(18-3)9(13)10(7)14/h5-6,14H,4H2,1-3H3,(H,15,16). The van der Waals surface area contributed by atoms with E-state index < -0.39 is 11.9 Å². The van der Waals surface area contributed by atoms with Crippen LogP contribution in [-0.4, -0.2) is 30.4 Å². The Hall–Kier alpha value is -1.43. The number of carbonyl (C=O) groups is 1. The first kappa shape index (κ1) is 14.6. The Morgan fingerprint density at radius 3 is 2.50 bits per heavy atom. The highest BCUT2D eigenvalue weighted by Crippen LogP contribution is 2.44. The third-order valence-electron chi connectivity index (χ3n) is 2.61. The summed E-state index contributed by atoms with van der Waals surface area (Å²) in [6.07, 6.45) is 0.208. The normalized spacial score (nSPS) is 12.0. The van der Waals surface area contributed by atoms with Gasteiger partial charge in [0.1, 0.15) is 10.2 Å². The van der Waals surface area contributed by atoms with Crippen LogP contribution in [0.1, 0.15) is 12.5 Å². The molecule has 0 spiro atoms. The van der Waals surface area contributed by atoms with Gasteiger partial charge < -0.3 is 19.7 Å². The zero-order valence-electron chi connectivity index (χ0n) is 10.4. The Bertz CT molecular complexity index is 458. The Balaban J connectivity index is 3.21. The molecule has 2 N–H and O–H groups in total. The van der Waals surface area contributed by atoms with Crippen LogP contribution in [0.5, 0.6) is 17.2 Å². The molecule has 0 aromatic heterocycles. The number of aromatic hydroxyl groups is 1. The predicted octanol–water partition coefficient (Wildman–Crippen LogP) is 2.44. The van der Waals surface area contributed by atoms with Gasteiger partial charge in [-0.3, -0.25) is 4.79 Å². The summed E-state index contributed by atoms with van der Waals surface area (Å²) in [5.41, 5.74) is 0.495. The maximum atomic E-state index is 10.8. The lowest BCUT2D eigenvalue weighted by Crippen LogP contribution is -2.12. The number of phenolic OH excluding ortho intramolecular Hbond substituents is 1. The molecular weight excluding hydrogens is 304 g/mol. The summed E-state index contributed by atoms with van der Waals surface area (Å²) in [7, 11) is 2.94. The van der Waals surface area contributed by atoms with Crippen LogP contribution in [-0.2, 0) is 11.2 Å². The van der Waals surface area contributed by atoms with Gasteiger partial charge in [0.05, 0.1) is 20.1 Å². The van der Waals surface area contributed by atoms with Crippen LogP contribution in [0.4, 0.5) is 0 Å². The molecule has 0 bridgehead atoms.